The average Bonchev–Trinajstić information content (AvgIpc) is 3.08. The molecular formula is C35H30F2N6O3. The molecule has 0 unspecified atom stereocenters. The van der Waals surface area contributed by atoms with Crippen LogP contribution in [0.1, 0.15) is 40.7 Å². The van der Waals surface area contributed by atoms with Crippen molar-refractivity contribution < 1.29 is 23.9 Å². The lowest BCUT2D eigenvalue weighted by atomic mass is 9.90. The van der Waals surface area contributed by atoms with Crippen LogP contribution >= 0.6 is 0 Å². The molecule has 9 nitrogen and oxygen atoms in total. The number of phenols is 1. The molecule has 5 rings (SSSR count). The van der Waals surface area contributed by atoms with Crippen LogP contribution in [0.3, 0.4) is 0 Å². The van der Waals surface area contributed by atoms with Crippen molar-refractivity contribution in [2.45, 2.75) is 32.4 Å². The molecule has 2 heterocycles. The highest BCUT2D eigenvalue weighted by Crippen LogP contribution is 2.40. The van der Waals surface area contributed by atoms with Gasteiger partial charge in [-0.05, 0) is 72.4 Å². The van der Waals surface area contributed by atoms with Gasteiger partial charge >= 0.3 is 0 Å². The molecule has 0 aliphatic carbocycles. The quantitative estimate of drug-likeness (QED) is 0.111. The second-order valence-electron chi connectivity index (χ2n) is 11.0. The van der Waals surface area contributed by atoms with E-state index in [9.17, 15) is 29.2 Å². The Kier molecular flexibility index (Phi) is 9.67. The standard InChI is InChI=1S/C35H30F2N6O3/c1-21-30(36)15-26(16-32(21)44)29-20-41-35(28(18-39)34(29)24-7-8-25(17-38)31(37)14-24)43-12-10-27(11-13-43)40-19-23-4-2-22(3-5-23)6-9-33(45)42-46/h2-9,14-16,20,27,40,44,46H,10-13,19H2,1H3,(H,42,45)/b9-6+. The lowest BCUT2D eigenvalue weighted by Gasteiger charge is -2.34. The van der Waals surface area contributed by atoms with Crippen LogP contribution in [0.4, 0.5) is 14.6 Å². The van der Waals surface area contributed by atoms with E-state index in [0.29, 0.717) is 42.1 Å². The lowest BCUT2D eigenvalue weighted by Crippen LogP contribution is -2.42. The van der Waals surface area contributed by atoms with Crippen LogP contribution in [-0.4, -0.2) is 40.3 Å². The number of halogens is 2. The van der Waals surface area contributed by atoms with Gasteiger partial charge in [0.2, 0.25) is 0 Å². The van der Waals surface area contributed by atoms with Gasteiger partial charge in [-0.15, -0.1) is 0 Å². The SMILES string of the molecule is Cc1c(O)cc(-c2cnc(N3CCC(NCc4ccc(/C=C/C(=O)NO)cc4)CC3)c(C#N)c2-c2ccc(C#N)c(F)c2)cc1F. The summed E-state index contributed by atoms with van der Waals surface area (Å²) < 4.78 is 29.5. The number of carbonyl (C=O) groups excluding carboxylic acids is 1. The highest BCUT2D eigenvalue weighted by atomic mass is 19.1. The number of carbonyl (C=O) groups is 1. The number of nitrogens with zero attached hydrogens (tertiary/aromatic N) is 4. The zero-order valence-electron chi connectivity index (χ0n) is 24.9. The van der Waals surface area contributed by atoms with Gasteiger partial charge in [-0.25, -0.2) is 19.2 Å². The third kappa shape index (κ3) is 6.87. The number of nitriles is 2. The summed E-state index contributed by atoms with van der Waals surface area (Å²) in [6.45, 7) is 3.27. The van der Waals surface area contributed by atoms with Crippen molar-refractivity contribution in [2.75, 3.05) is 18.0 Å². The molecule has 0 atom stereocenters. The predicted molar refractivity (Wildman–Crippen MR) is 168 cm³/mol. The van der Waals surface area contributed by atoms with Crippen LogP contribution in [0.2, 0.25) is 0 Å². The predicted octanol–water partition coefficient (Wildman–Crippen LogP) is 5.73. The molecule has 1 aliphatic rings. The first-order valence-corrected chi connectivity index (χ1v) is 14.5. The largest absolute Gasteiger partial charge is 0.508 e. The molecule has 0 radical (unpaired) electrons. The minimum atomic E-state index is -0.752. The molecule has 4 N–H and O–H groups in total. The van der Waals surface area contributed by atoms with E-state index in [0.717, 1.165) is 24.0 Å². The number of benzene rings is 3. The number of pyridine rings is 1. The molecule has 1 aliphatic heterocycles. The van der Waals surface area contributed by atoms with Gasteiger partial charge in [-0.1, -0.05) is 30.3 Å². The van der Waals surface area contributed by atoms with Crippen LogP contribution in [0, 0.1) is 41.2 Å². The van der Waals surface area contributed by atoms with Gasteiger partial charge in [0.05, 0.1) is 5.56 Å². The molecular weight excluding hydrogens is 590 g/mol. The van der Waals surface area contributed by atoms with Gasteiger partial charge in [0.1, 0.15) is 40.9 Å². The number of rotatable bonds is 8. The average molecular weight is 621 g/mol. The van der Waals surface area contributed by atoms with Crippen LogP contribution in [-0.2, 0) is 11.3 Å². The topological polar surface area (TPSA) is 145 Å². The van der Waals surface area contributed by atoms with E-state index >= 15 is 0 Å². The first-order valence-electron chi connectivity index (χ1n) is 14.5. The Labute approximate surface area is 264 Å². The monoisotopic (exact) mass is 620 g/mol. The molecule has 11 heteroatoms. The Balaban J connectivity index is 1.38. The van der Waals surface area contributed by atoms with E-state index in [4.69, 9.17) is 5.21 Å². The van der Waals surface area contributed by atoms with Crippen molar-refractivity contribution in [3.63, 3.8) is 0 Å². The Morgan fingerprint density at radius 1 is 1.04 bits per heavy atom. The van der Waals surface area contributed by atoms with Crippen LogP contribution < -0.4 is 15.7 Å². The van der Waals surface area contributed by atoms with E-state index in [-0.39, 0.29) is 34.0 Å². The van der Waals surface area contributed by atoms with Crippen molar-refractivity contribution in [3.05, 3.63) is 106 Å². The number of phenolic OH excluding ortho intramolecular Hbond substituents is 1. The second-order valence-corrected chi connectivity index (χ2v) is 11.0. The molecule has 1 aromatic heterocycles. The number of nitrogens with one attached hydrogen (secondary N) is 2. The third-order valence-electron chi connectivity index (χ3n) is 8.08. The van der Waals surface area contributed by atoms with Crippen LogP contribution in [0.25, 0.3) is 28.3 Å². The molecule has 232 valence electrons. The van der Waals surface area contributed by atoms with E-state index in [2.05, 4.69) is 16.4 Å². The summed E-state index contributed by atoms with van der Waals surface area (Å²) in [6, 6.07) is 18.6. The molecule has 1 saturated heterocycles. The minimum absolute atomic E-state index is 0.0788. The molecule has 0 saturated carbocycles. The second kappa shape index (κ2) is 14.0. The highest BCUT2D eigenvalue weighted by Gasteiger charge is 2.26. The van der Waals surface area contributed by atoms with E-state index in [1.807, 2.05) is 29.2 Å². The fraction of sp³-hybridized carbons (Fsp3) is 0.200. The normalized spacial score (nSPS) is 13.4. The van der Waals surface area contributed by atoms with Gasteiger partial charge in [-0.3, -0.25) is 10.0 Å². The highest BCUT2D eigenvalue weighted by molar-refractivity contribution is 5.91. The van der Waals surface area contributed by atoms with E-state index in [1.54, 1.807) is 23.7 Å². The maximum Gasteiger partial charge on any atom is 0.267 e. The fourth-order valence-corrected chi connectivity index (χ4v) is 5.46. The summed E-state index contributed by atoms with van der Waals surface area (Å²) in [5.41, 5.74) is 4.81. The summed E-state index contributed by atoms with van der Waals surface area (Å²) in [6.07, 6.45) is 5.87. The van der Waals surface area contributed by atoms with Crippen molar-refractivity contribution in [1.82, 2.24) is 15.8 Å². The zero-order chi connectivity index (χ0) is 32.8. The van der Waals surface area contributed by atoms with Gasteiger partial charge < -0.3 is 15.3 Å². The number of aromatic nitrogens is 1. The Hall–Kier alpha value is -5.62. The Bertz CT molecular complexity index is 1870. The number of hydrogen-bond acceptors (Lipinski definition) is 8. The van der Waals surface area contributed by atoms with Gasteiger partial charge in [-0.2, -0.15) is 10.5 Å². The molecule has 3 aromatic carbocycles. The minimum Gasteiger partial charge on any atom is -0.508 e. The molecule has 0 bridgehead atoms. The van der Waals surface area contributed by atoms with Crippen molar-refractivity contribution in [1.29, 1.82) is 10.5 Å². The fourth-order valence-electron chi connectivity index (χ4n) is 5.46. The molecule has 46 heavy (non-hydrogen) atoms. The van der Waals surface area contributed by atoms with Gasteiger partial charge in [0.15, 0.2) is 0 Å². The zero-order valence-corrected chi connectivity index (χ0v) is 24.9. The summed E-state index contributed by atoms with van der Waals surface area (Å²) in [5.74, 6) is -1.84. The number of aromatic hydroxyl groups is 1. The summed E-state index contributed by atoms with van der Waals surface area (Å²) >= 11 is 0. The Morgan fingerprint density at radius 2 is 1.76 bits per heavy atom. The van der Waals surface area contributed by atoms with Crippen LogP contribution in [0.15, 0.2) is 66.9 Å². The number of anilines is 1. The number of piperidine rings is 1. The smallest absolute Gasteiger partial charge is 0.267 e. The first-order chi connectivity index (χ1) is 22.2. The molecule has 4 aromatic rings. The number of hydrogen-bond donors (Lipinski definition) is 4. The molecule has 0 spiro atoms. The summed E-state index contributed by atoms with van der Waals surface area (Å²) in [5, 5.41) is 42.2. The lowest BCUT2D eigenvalue weighted by molar-refractivity contribution is -0.124. The van der Waals surface area contributed by atoms with E-state index in [1.165, 1.54) is 43.5 Å². The summed E-state index contributed by atoms with van der Waals surface area (Å²) in [7, 11) is 0. The van der Waals surface area contributed by atoms with Crippen molar-refractivity contribution >= 4 is 17.8 Å². The van der Waals surface area contributed by atoms with Crippen LogP contribution in [0.5, 0.6) is 5.75 Å². The Morgan fingerprint density at radius 3 is 2.39 bits per heavy atom. The number of hydroxylamine groups is 1. The maximum absolute atomic E-state index is 14.8. The van der Waals surface area contributed by atoms with Gasteiger partial charge in [0.25, 0.3) is 5.91 Å². The van der Waals surface area contributed by atoms with Crippen molar-refractivity contribution in [3.8, 4) is 40.1 Å². The maximum atomic E-state index is 14.8. The molecule has 1 amide bonds. The third-order valence-corrected chi connectivity index (χ3v) is 8.08. The number of amides is 1. The first kappa shape index (κ1) is 31.8. The summed E-state index contributed by atoms with van der Waals surface area (Å²) in [4.78, 5) is 17.8. The van der Waals surface area contributed by atoms with E-state index < -0.39 is 17.5 Å². The van der Waals surface area contributed by atoms with Gasteiger partial charge in [0, 0.05) is 54.6 Å². The molecule has 1 fully saturated rings. The van der Waals surface area contributed by atoms with Crippen molar-refractivity contribution in [2.24, 2.45) is 0 Å².